The van der Waals surface area contributed by atoms with Crippen LogP contribution in [0, 0.1) is 0 Å². The van der Waals surface area contributed by atoms with E-state index in [1.54, 1.807) is 12.4 Å². The Labute approximate surface area is 65.6 Å². The molecule has 0 aliphatic heterocycles. The van der Waals surface area contributed by atoms with Crippen molar-refractivity contribution in [2.45, 2.75) is 18.9 Å². The number of nitrogen functional groups attached to an aromatic ring is 1. The minimum Gasteiger partial charge on any atom is -0.396 e. The molecule has 3 heteroatoms. The largest absolute Gasteiger partial charge is 0.396 e. The maximum Gasteiger partial charge on any atom is 0.0736 e. The Kier molecular flexibility index (Phi) is 1.42. The average molecular weight is 149 g/mol. The van der Waals surface area contributed by atoms with Gasteiger partial charge in [0.25, 0.3) is 0 Å². The molecule has 1 saturated carbocycles. The first kappa shape index (κ1) is 6.46. The van der Waals surface area contributed by atoms with Gasteiger partial charge >= 0.3 is 0 Å². The predicted molar refractivity (Wildman–Crippen MR) is 45.3 cm³/mol. The number of aromatic nitrogens is 1. The lowest BCUT2D eigenvalue weighted by Gasteiger charge is -2.05. The number of nitrogens with two attached hydrogens (primary N) is 1. The fourth-order valence-corrected chi connectivity index (χ4v) is 0.986. The molecule has 1 heterocycles. The highest BCUT2D eigenvalue weighted by Gasteiger charge is 2.21. The van der Waals surface area contributed by atoms with Crippen LogP contribution in [0.15, 0.2) is 18.5 Å². The highest BCUT2D eigenvalue weighted by molar-refractivity contribution is 5.64. The Hall–Kier alpha value is -1.25. The third kappa shape index (κ3) is 1.42. The van der Waals surface area contributed by atoms with E-state index in [0.29, 0.717) is 6.04 Å². The van der Waals surface area contributed by atoms with Gasteiger partial charge in [-0.1, -0.05) is 0 Å². The molecule has 3 nitrogen and oxygen atoms in total. The third-order valence-electron chi connectivity index (χ3n) is 1.79. The van der Waals surface area contributed by atoms with E-state index in [4.69, 9.17) is 5.73 Å². The lowest BCUT2D eigenvalue weighted by atomic mass is 10.3. The van der Waals surface area contributed by atoms with E-state index in [2.05, 4.69) is 10.3 Å². The average Bonchev–Trinajstić information content (AvgIpc) is 2.78. The van der Waals surface area contributed by atoms with E-state index in [1.165, 1.54) is 12.8 Å². The molecule has 3 N–H and O–H groups in total. The monoisotopic (exact) mass is 149 g/mol. The normalized spacial score (nSPS) is 16.4. The maximum absolute atomic E-state index is 5.67. The summed E-state index contributed by atoms with van der Waals surface area (Å²) in [4.78, 5) is 3.91. The van der Waals surface area contributed by atoms with Gasteiger partial charge < -0.3 is 11.1 Å². The van der Waals surface area contributed by atoms with Gasteiger partial charge in [-0.2, -0.15) is 0 Å². The number of anilines is 2. The van der Waals surface area contributed by atoms with E-state index in [9.17, 15) is 0 Å². The Morgan fingerprint density at radius 1 is 1.55 bits per heavy atom. The topological polar surface area (TPSA) is 50.9 Å². The highest BCUT2D eigenvalue weighted by Crippen LogP contribution is 2.26. The lowest BCUT2D eigenvalue weighted by Crippen LogP contribution is -2.03. The minimum absolute atomic E-state index is 0.652. The first-order valence-electron chi connectivity index (χ1n) is 3.82. The summed E-state index contributed by atoms with van der Waals surface area (Å²) >= 11 is 0. The summed E-state index contributed by atoms with van der Waals surface area (Å²) in [7, 11) is 0. The molecule has 0 saturated heterocycles. The predicted octanol–water partition coefficient (Wildman–Crippen LogP) is 1.24. The van der Waals surface area contributed by atoms with Gasteiger partial charge in [0.05, 0.1) is 17.6 Å². The van der Waals surface area contributed by atoms with Crippen molar-refractivity contribution in [1.82, 2.24) is 4.98 Å². The minimum atomic E-state index is 0.652. The van der Waals surface area contributed by atoms with Crippen LogP contribution < -0.4 is 11.1 Å². The molecule has 0 radical (unpaired) electrons. The van der Waals surface area contributed by atoms with Crippen LogP contribution in [0.5, 0.6) is 0 Å². The zero-order chi connectivity index (χ0) is 7.68. The first-order chi connectivity index (χ1) is 5.36. The molecule has 1 aromatic rings. The summed E-state index contributed by atoms with van der Waals surface area (Å²) in [6.07, 6.45) is 5.95. The highest BCUT2D eigenvalue weighted by atomic mass is 15.0. The van der Waals surface area contributed by atoms with Gasteiger partial charge in [-0.25, -0.2) is 0 Å². The van der Waals surface area contributed by atoms with Gasteiger partial charge in [0.1, 0.15) is 0 Å². The summed E-state index contributed by atoms with van der Waals surface area (Å²) < 4.78 is 0. The molecule has 0 amide bonds. The lowest BCUT2D eigenvalue weighted by molar-refractivity contribution is 1.15. The van der Waals surface area contributed by atoms with Crippen molar-refractivity contribution >= 4 is 11.4 Å². The van der Waals surface area contributed by atoms with Gasteiger partial charge in [0.2, 0.25) is 0 Å². The van der Waals surface area contributed by atoms with E-state index in [-0.39, 0.29) is 0 Å². The second-order valence-corrected chi connectivity index (χ2v) is 2.88. The standard InChI is InChI=1S/C8H11N3/c9-7-5-10-4-3-8(7)11-6-1-2-6/h3-6H,1-2,9H2,(H,10,11). The van der Waals surface area contributed by atoms with Crippen LogP contribution in [0.4, 0.5) is 11.4 Å². The molecule has 1 fully saturated rings. The molecule has 0 unspecified atom stereocenters. The maximum atomic E-state index is 5.67. The fourth-order valence-electron chi connectivity index (χ4n) is 0.986. The molecule has 11 heavy (non-hydrogen) atoms. The van der Waals surface area contributed by atoms with Crippen molar-refractivity contribution in [3.8, 4) is 0 Å². The van der Waals surface area contributed by atoms with Crippen molar-refractivity contribution in [1.29, 1.82) is 0 Å². The second-order valence-electron chi connectivity index (χ2n) is 2.88. The summed E-state index contributed by atoms with van der Waals surface area (Å²) in [6.45, 7) is 0. The van der Waals surface area contributed by atoms with Crippen molar-refractivity contribution in [2.75, 3.05) is 11.1 Å². The summed E-state index contributed by atoms with van der Waals surface area (Å²) in [5, 5.41) is 3.32. The van der Waals surface area contributed by atoms with Gasteiger partial charge in [-0.15, -0.1) is 0 Å². The zero-order valence-corrected chi connectivity index (χ0v) is 6.25. The van der Waals surface area contributed by atoms with Crippen LogP contribution >= 0.6 is 0 Å². The van der Waals surface area contributed by atoms with E-state index in [0.717, 1.165) is 11.4 Å². The smallest absolute Gasteiger partial charge is 0.0736 e. The number of hydrogen-bond acceptors (Lipinski definition) is 3. The van der Waals surface area contributed by atoms with Gasteiger partial charge in [-0.3, -0.25) is 4.98 Å². The number of nitrogens with zero attached hydrogens (tertiary/aromatic N) is 1. The Morgan fingerprint density at radius 2 is 2.36 bits per heavy atom. The number of rotatable bonds is 2. The van der Waals surface area contributed by atoms with Crippen LogP contribution in [0.25, 0.3) is 0 Å². The molecule has 1 aliphatic carbocycles. The molecular weight excluding hydrogens is 138 g/mol. The van der Waals surface area contributed by atoms with Crippen molar-refractivity contribution in [3.63, 3.8) is 0 Å². The number of pyridine rings is 1. The van der Waals surface area contributed by atoms with E-state index >= 15 is 0 Å². The van der Waals surface area contributed by atoms with Gasteiger partial charge in [0, 0.05) is 12.2 Å². The Balaban J connectivity index is 2.15. The number of nitrogens with one attached hydrogen (secondary N) is 1. The first-order valence-corrected chi connectivity index (χ1v) is 3.82. The van der Waals surface area contributed by atoms with Crippen molar-refractivity contribution < 1.29 is 0 Å². The quantitative estimate of drug-likeness (QED) is 0.665. The molecule has 1 aromatic heterocycles. The molecule has 0 aromatic carbocycles. The summed E-state index contributed by atoms with van der Waals surface area (Å²) in [6, 6.07) is 2.56. The molecule has 0 spiro atoms. The van der Waals surface area contributed by atoms with Crippen LogP contribution in [0.1, 0.15) is 12.8 Å². The molecule has 58 valence electrons. The number of hydrogen-bond donors (Lipinski definition) is 2. The SMILES string of the molecule is Nc1cnccc1NC1CC1. The molecule has 0 atom stereocenters. The molecule has 0 bridgehead atoms. The van der Waals surface area contributed by atoms with Gasteiger partial charge in [0.15, 0.2) is 0 Å². The molecule has 2 rings (SSSR count). The second kappa shape index (κ2) is 2.42. The summed E-state index contributed by atoms with van der Waals surface area (Å²) in [5.41, 5.74) is 7.42. The van der Waals surface area contributed by atoms with Crippen LogP contribution in [-0.4, -0.2) is 11.0 Å². The fraction of sp³-hybridized carbons (Fsp3) is 0.375. The third-order valence-corrected chi connectivity index (χ3v) is 1.79. The zero-order valence-electron chi connectivity index (χ0n) is 6.25. The Morgan fingerprint density at radius 3 is 3.00 bits per heavy atom. The van der Waals surface area contributed by atoms with Crippen molar-refractivity contribution in [2.24, 2.45) is 0 Å². The van der Waals surface area contributed by atoms with Gasteiger partial charge in [-0.05, 0) is 18.9 Å². The van der Waals surface area contributed by atoms with Crippen molar-refractivity contribution in [3.05, 3.63) is 18.5 Å². The van der Waals surface area contributed by atoms with Crippen LogP contribution in [0.2, 0.25) is 0 Å². The summed E-state index contributed by atoms with van der Waals surface area (Å²) in [5.74, 6) is 0. The molecule has 1 aliphatic rings. The van der Waals surface area contributed by atoms with E-state index in [1.807, 2.05) is 6.07 Å². The van der Waals surface area contributed by atoms with Crippen LogP contribution in [0.3, 0.4) is 0 Å². The molecular formula is C8H11N3. The Bertz CT molecular complexity index is 255. The van der Waals surface area contributed by atoms with E-state index < -0.39 is 0 Å². The van der Waals surface area contributed by atoms with Crippen LogP contribution in [-0.2, 0) is 0 Å².